The maximum atomic E-state index is 10.1. The van der Waals surface area contributed by atoms with Gasteiger partial charge < -0.3 is 10.8 Å². The monoisotopic (exact) mass is 205 g/mol. The van der Waals surface area contributed by atoms with E-state index in [0.29, 0.717) is 18.2 Å². The van der Waals surface area contributed by atoms with Crippen molar-refractivity contribution in [2.24, 2.45) is 5.73 Å². The number of nitrogens with two attached hydrogens (primary N) is 1. The largest absolute Gasteiger partial charge is 0.507 e. The number of phenols is 1. The van der Waals surface area contributed by atoms with Gasteiger partial charge in [-0.05, 0) is 24.0 Å². The van der Waals surface area contributed by atoms with Gasteiger partial charge in [-0.2, -0.15) is 0 Å². The fourth-order valence-corrected chi connectivity index (χ4v) is 1.59. The van der Waals surface area contributed by atoms with E-state index in [1.54, 1.807) is 0 Å². The van der Waals surface area contributed by atoms with Crippen LogP contribution in [-0.2, 0) is 0 Å². The van der Waals surface area contributed by atoms with Crippen LogP contribution < -0.4 is 5.73 Å². The molecule has 0 saturated carbocycles. The molecule has 0 atom stereocenters. The first kappa shape index (κ1) is 11.8. The topological polar surface area (TPSA) is 46.2 Å². The minimum Gasteiger partial charge on any atom is -0.507 e. The van der Waals surface area contributed by atoms with Crippen LogP contribution in [0.3, 0.4) is 0 Å². The molecule has 1 aromatic carbocycles. The fourth-order valence-electron chi connectivity index (χ4n) is 1.59. The van der Waals surface area contributed by atoms with E-state index in [4.69, 9.17) is 5.73 Å². The van der Waals surface area contributed by atoms with Crippen LogP contribution in [0.5, 0.6) is 5.75 Å². The van der Waals surface area contributed by atoms with E-state index in [-0.39, 0.29) is 0 Å². The summed E-state index contributed by atoms with van der Waals surface area (Å²) in [4.78, 5) is 0. The highest BCUT2D eigenvalue weighted by Gasteiger charge is 2.10. The molecule has 0 fully saturated rings. The predicted octanol–water partition coefficient (Wildman–Crippen LogP) is 2.80. The molecule has 2 nitrogen and oxygen atoms in total. The molecule has 0 aliphatic heterocycles. The molecule has 15 heavy (non-hydrogen) atoms. The molecule has 1 aromatic rings. The molecule has 0 heterocycles. The van der Waals surface area contributed by atoms with Gasteiger partial charge in [0.2, 0.25) is 0 Å². The lowest BCUT2D eigenvalue weighted by Gasteiger charge is -2.12. The van der Waals surface area contributed by atoms with E-state index >= 15 is 0 Å². The zero-order valence-corrected chi connectivity index (χ0v) is 9.62. The Morgan fingerprint density at radius 1 is 1.40 bits per heavy atom. The maximum absolute atomic E-state index is 10.1. The molecule has 0 spiro atoms. The summed E-state index contributed by atoms with van der Waals surface area (Å²) < 4.78 is 0. The molecule has 82 valence electrons. The van der Waals surface area contributed by atoms with Gasteiger partial charge in [0.15, 0.2) is 0 Å². The van der Waals surface area contributed by atoms with Gasteiger partial charge in [-0.3, -0.25) is 0 Å². The second-order valence-corrected chi connectivity index (χ2v) is 4.03. The molecule has 3 N–H and O–H groups in total. The molecule has 2 heteroatoms. The van der Waals surface area contributed by atoms with Crippen molar-refractivity contribution in [3.8, 4) is 5.75 Å². The Balaban J connectivity index is 3.24. The average molecular weight is 205 g/mol. The Hall–Kier alpha value is -1.28. The van der Waals surface area contributed by atoms with Crippen molar-refractivity contribution in [1.29, 1.82) is 0 Å². The highest BCUT2D eigenvalue weighted by Crippen LogP contribution is 2.31. The molecule has 0 amide bonds. The van der Waals surface area contributed by atoms with Crippen LogP contribution >= 0.6 is 0 Å². The van der Waals surface area contributed by atoms with Crippen molar-refractivity contribution in [2.45, 2.75) is 26.7 Å². The fraction of sp³-hybridized carbons (Fsp3) is 0.385. The normalized spacial score (nSPS) is 11.5. The number of hydrogen-bond acceptors (Lipinski definition) is 2. The first-order valence-corrected chi connectivity index (χ1v) is 5.27. The van der Waals surface area contributed by atoms with Crippen molar-refractivity contribution in [2.75, 3.05) is 6.54 Å². The van der Waals surface area contributed by atoms with Crippen LogP contribution in [0.2, 0.25) is 0 Å². The summed E-state index contributed by atoms with van der Waals surface area (Å²) in [6, 6.07) is 4.01. The number of phenolic OH excluding ortho intramolecular Hbond substituents is 1. The SMILES string of the molecule is Cc1ccc(C(C)C)c(O)c1/C=C/CN. The summed E-state index contributed by atoms with van der Waals surface area (Å²) in [5.74, 6) is 0.713. The van der Waals surface area contributed by atoms with E-state index in [1.165, 1.54) is 0 Å². The van der Waals surface area contributed by atoms with E-state index < -0.39 is 0 Å². The van der Waals surface area contributed by atoms with E-state index in [9.17, 15) is 5.11 Å². The summed E-state index contributed by atoms with van der Waals surface area (Å²) >= 11 is 0. The zero-order valence-electron chi connectivity index (χ0n) is 9.62. The number of hydrogen-bond donors (Lipinski definition) is 2. The Bertz CT molecular complexity index is 367. The molecule has 0 unspecified atom stereocenters. The van der Waals surface area contributed by atoms with Gasteiger partial charge in [0, 0.05) is 12.1 Å². The zero-order chi connectivity index (χ0) is 11.4. The quantitative estimate of drug-likeness (QED) is 0.797. The van der Waals surface area contributed by atoms with Gasteiger partial charge in [0.05, 0.1) is 0 Å². The Kier molecular flexibility index (Phi) is 3.92. The predicted molar refractivity (Wildman–Crippen MR) is 65.0 cm³/mol. The number of aromatic hydroxyl groups is 1. The second-order valence-electron chi connectivity index (χ2n) is 4.03. The van der Waals surface area contributed by atoms with Crippen LogP contribution in [0.15, 0.2) is 18.2 Å². The molecule has 1 rings (SSSR count). The summed E-state index contributed by atoms with van der Waals surface area (Å²) in [5.41, 5.74) is 8.34. The van der Waals surface area contributed by atoms with Gasteiger partial charge in [0.1, 0.15) is 5.75 Å². The highest BCUT2D eigenvalue weighted by atomic mass is 16.3. The van der Waals surface area contributed by atoms with Crippen molar-refractivity contribution >= 4 is 6.08 Å². The van der Waals surface area contributed by atoms with Crippen molar-refractivity contribution < 1.29 is 5.11 Å². The molecule has 0 radical (unpaired) electrons. The second kappa shape index (κ2) is 4.99. The van der Waals surface area contributed by atoms with Gasteiger partial charge in [-0.15, -0.1) is 0 Å². The third-order valence-corrected chi connectivity index (χ3v) is 2.51. The lowest BCUT2D eigenvalue weighted by atomic mass is 9.96. The molecule has 0 bridgehead atoms. The van der Waals surface area contributed by atoms with Crippen molar-refractivity contribution in [3.05, 3.63) is 34.9 Å². The number of rotatable bonds is 3. The Morgan fingerprint density at radius 2 is 2.07 bits per heavy atom. The van der Waals surface area contributed by atoms with Crippen LogP contribution in [0.1, 0.15) is 36.5 Å². The van der Waals surface area contributed by atoms with E-state index in [1.807, 2.05) is 31.2 Å². The van der Waals surface area contributed by atoms with Crippen molar-refractivity contribution in [3.63, 3.8) is 0 Å². The molecule has 0 saturated heterocycles. The molecule has 0 aromatic heterocycles. The lowest BCUT2D eigenvalue weighted by Crippen LogP contribution is -1.95. The summed E-state index contributed by atoms with van der Waals surface area (Å²) in [5, 5.41) is 10.1. The highest BCUT2D eigenvalue weighted by molar-refractivity contribution is 5.63. The number of aryl methyl sites for hydroxylation is 1. The summed E-state index contributed by atoms with van der Waals surface area (Å²) in [7, 11) is 0. The Morgan fingerprint density at radius 3 is 2.60 bits per heavy atom. The smallest absolute Gasteiger partial charge is 0.126 e. The van der Waals surface area contributed by atoms with E-state index in [2.05, 4.69) is 13.8 Å². The third kappa shape index (κ3) is 2.60. The Labute approximate surface area is 91.4 Å². The molecule has 0 aliphatic rings. The third-order valence-electron chi connectivity index (χ3n) is 2.51. The minimum absolute atomic E-state index is 0.329. The summed E-state index contributed by atoms with van der Waals surface area (Å²) in [6.45, 7) is 6.62. The van der Waals surface area contributed by atoms with Crippen LogP contribution in [0, 0.1) is 6.92 Å². The average Bonchev–Trinajstić information content (AvgIpc) is 2.17. The van der Waals surface area contributed by atoms with Gasteiger partial charge in [-0.1, -0.05) is 38.1 Å². The van der Waals surface area contributed by atoms with Crippen molar-refractivity contribution in [1.82, 2.24) is 0 Å². The van der Waals surface area contributed by atoms with E-state index in [0.717, 1.165) is 16.7 Å². The molecule has 0 aliphatic carbocycles. The minimum atomic E-state index is 0.329. The van der Waals surface area contributed by atoms with Crippen LogP contribution in [-0.4, -0.2) is 11.7 Å². The molecular weight excluding hydrogens is 186 g/mol. The molecular formula is C13H19NO. The standard InChI is InChI=1S/C13H19NO/c1-9(2)11-7-6-10(3)12(13(11)15)5-4-8-14/h4-7,9,15H,8,14H2,1-3H3/b5-4+. The maximum Gasteiger partial charge on any atom is 0.126 e. The van der Waals surface area contributed by atoms with Gasteiger partial charge >= 0.3 is 0 Å². The van der Waals surface area contributed by atoms with Crippen LogP contribution in [0.4, 0.5) is 0 Å². The lowest BCUT2D eigenvalue weighted by molar-refractivity contribution is 0.463. The van der Waals surface area contributed by atoms with Gasteiger partial charge in [-0.25, -0.2) is 0 Å². The summed E-state index contributed by atoms with van der Waals surface area (Å²) in [6.07, 6.45) is 3.74. The van der Waals surface area contributed by atoms with Gasteiger partial charge in [0.25, 0.3) is 0 Å². The number of benzene rings is 1. The first-order valence-electron chi connectivity index (χ1n) is 5.27. The van der Waals surface area contributed by atoms with Crippen LogP contribution in [0.25, 0.3) is 6.08 Å². The first-order chi connectivity index (χ1) is 7.07.